The molecule has 0 spiro atoms. The van der Waals surface area contributed by atoms with Crippen molar-refractivity contribution in [1.29, 1.82) is 0 Å². The lowest BCUT2D eigenvalue weighted by Crippen LogP contribution is -2.46. The van der Waals surface area contributed by atoms with Crippen LogP contribution in [0, 0.1) is 0 Å². The van der Waals surface area contributed by atoms with E-state index in [0.29, 0.717) is 0 Å². The van der Waals surface area contributed by atoms with Gasteiger partial charge in [-0.25, -0.2) is 9.31 Å². The van der Waals surface area contributed by atoms with Crippen LogP contribution in [0.2, 0.25) is 0 Å². The van der Waals surface area contributed by atoms with E-state index in [0.717, 1.165) is 63.8 Å². The predicted molar refractivity (Wildman–Crippen MR) is 146 cm³/mol. The number of carbonyl (C=O) groups excluding carboxylic acids is 1. The van der Waals surface area contributed by atoms with Crippen LogP contribution < -0.4 is 15.1 Å². The molecule has 0 atom stereocenters. The van der Waals surface area contributed by atoms with E-state index in [1.165, 1.54) is 21.4 Å². The molecule has 2 aliphatic heterocycles. The monoisotopic (exact) mass is 493 g/mol. The first kappa shape index (κ1) is 25.3. The molecule has 1 N–H and O–H groups in total. The van der Waals surface area contributed by atoms with Crippen LogP contribution in [-0.2, 0) is 4.79 Å². The van der Waals surface area contributed by atoms with Gasteiger partial charge in [0.25, 0.3) is 0 Å². The average molecular weight is 494 g/mol. The Morgan fingerprint density at radius 3 is 2.31 bits per heavy atom. The van der Waals surface area contributed by atoms with Crippen LogP contribution in [0.1, 0.15) is 0 Å². The number of nitrogens with one attached hydrogen (secondary N) is 1. The van der Waals surface area contributed by atoms with Gasteiger partial charge in [0.2, 0.25) is 0 Å². The molecule has 0 radical (unpaired) electrons. The molecule has 0 saturated carbocycles. The number of benzene rings is 3. The molecule has 2 heterocycles. The van der Waals surface area contributed by atoms with Gasteiger partial charge in [0.15, 0.2) is 0 Å². The van der Waals surface area contributed by atoms with Crippen LogP contribution in [0.3, 0.4) is 0 Å². The van der Waals surface area contributed by atoms with Crippen molar-refractivity contribution in [3.8, 4) is 5.75 Å². The van der Waals surface area contributed by atoms with Gasteiger partial charge in [0.05, 0.1) is 18.5 Å². The molecule has 2 fully saturated rings. The van der Waals surface area contributed by atoms with E-state index in [1.54, 1.807) is 7.11 Å². The fourth-order valence-corrected chi connectivity index (χ4v) is 5.59. The van der Waals surface area contributed by atoms with Gasteiger partial charge in [-0.05, 0) is 54.0 Å². The summed E-state index contributed by atoms with van der Waals surface area (Å²) in [4.78, 5) is 14.1. The second-order valence-corrected chi connectivity index (χ2v) is 9.91. The van der Waals surface area contributed by atoms with Gasteiger partial charge < -0.3 is 24.8 Å². The Hall–Kier alpha value is -2.78. The molecule has 5 rings (SSSR count). The first-order chi connectivity index (χ1) is 17.2. The Bertz CT molecular complexity index is 1090. The highest BCUT2D eigenvalue weighted by molar-refractivity contribution is 7.97. The summed E-state index contributed by atoms with van der Waals surface area (Å²) in [5, 5.41) is 4.97. The molecule has 2 aliphatic rings. The zero-order chi connectivity index (χ0) is 24.6. The van der Waals surface area contributed by atoms with Crippen molar-refractivity contribution in [2.45, 2.75) is 4.90 Å². The van der Waals surface area contributed by atoms with E-state index in [9.17, 15) is 0 Å². The maximum atomic E-state index is 8.00. The lowest BCUT2D eigenvalue weighted by molar-refractivity contribution is -0.0979. The minimum atomic E-state index is 0.946. The van der Waals surface area contributed by atoms with Crippen LogP contribution in [-0.4, -0.2) is 87.5 Å². The van der Waals surface area contributed by atoms with Crippen LogP contribution in [0.25, 0.3) is 10.8 Å². The lowest BCUT2D eigenvalue weighted by Gasteiger charge is -2.36. The van der Waals surface area contributed by atoms with Crippen LogP contribution in [0.15, 0.2) is 65.6 Å². The van der Waals surface area contributed by atoms with Gasteiger partial charge in [0.1, 0.15) is 12.5 Å². The van der Waals surface area contributed by atoms with E-state index < -0.39 is 0 Å². The Labute approximate surface area is 212 Å². The van der Waals surface area contributed by atoms with E-state index in [2.05, 4.69) is 92.3 Å². The van der Waals surface area contributed by atoms with Gasteiger partial charge in [-0.2, -0.15) is 0 Å². The second kappa shape index (κ2) is 12.3. The van der Waals surface area contributed by atoms with Crippen molar-refractivity contribution in [2.75, 3.05) is 76.8 Å². The number of nitrogens with zero attached hydrogens (tertiary/aromatic N) is 4. The summed E-state index contributed by atoms with van der Waals surface area (Å²) in [5.74, 6) is 0.946. The second-order valence-electron chi connectivity index (χ2n) is 8.77. The number of piperazine rings is 2. The van der Waals surface area contributed by atoms with Crippen molar-refractivity contribution in [1.82, 2.24) is 14.2 Å². The summed E-state index contributed by atoms with van der Waals surface area (Å²) < 4.78 is 8.14. The topological polar surface area (TPSA) is 51.3 Å². The molecule has 0 amide bonds. The minimum absolute atomic E-state index is 0.946. The SMILES string of the molecule is C=O.COc1ccc(NN2CCN(Sc3cccc4ccccc34)CC2)cc1N1CCN(C)CC1. The summed E-state index contributed by atoms with van der Waals surface area (Å²) in [6.07, 6.45) is 0. The van der Waals surface area contributed by atoms with Crippen molar-refractivity contribution < 1.29 is 9.53 Å². The van der Waals surface area contributed by atoms with Crippen LogP contribution >= 0.6 is 11.9 Å². The maximum absolute atomic E-state index is 8.00. The molecule has 3 aromatic rings. The molecule has 0 aliphatic carbocycles. The largest absolute Gasteiger partial charge is 0.495 e. The van der Waals surface area contributed by atoms with Gasteiger partial charge >= 0.3 is 0 Å². The summed E-state index contributed by atoms with van der Waals surface area (Å²) in [6.45, 7) is 10.2. The maximum Gasteiger partial charge on any atom is 0.142 e. The highest BCUT2D eigenvalue weighted by Gasteiger charge is 2.21. The molecule has 186 valence electrons. The average Bonchev–Trinajstić information content (AvgIpc) is 2.91. The summed E-state index contributed by atoms with van der Waals surface area (Å²) >= 11 is 1.88. The molecule has 3 aromatic carbocycles. The third-order valence-electron chi connectivity index (χ3n) is 6.53. The summed E-state index contributed by atoms with van der Waals surface area (Å²) in [7, 11) is 3.94. The number of likely N-dealkylation sites (N-methyl/N-ethyl adjacent to an activating group) is 1. The summed E-state index contributed by atoms with van der Waals surface area (Å²) in [5.41, 5.74) is 5.95. The number of anilines is 2. The number of hydrogen-bond donors (Lipinski definition) is 1. The zero-order valence-corrected chi connectivity index (χ0v) is 21.5. The smallest absolute Gasteiger partial charge is 0.142 e. The molecule has 0 bridgehead atoms. The number of hydrogen-bond acceptors (Lipinski definition) is 8. The Morgan fingerprint density at radius 1 is 0.857 bits per heavy atom. The van der Waals surface area contributed by atoms with Gasteiger partial charge in [-0.3, -0.25) is 0 Å². The lowest BCUT2D eigenvalue weighted by atomic mass is 10.1. The molecule has 0 unspecified atom stereocenters. The molecular formula is C27H35N5O2S. The van der Waals surface area contributed by atoms with Crippen LogP contribution in [0.4, 0.5) is 11.4 Å². The number of carbonyl (C=O) groups is 1. The number of fused-ring (bicyclic) bond motifs is 1. The molecule has 2 saturated heterocycles. The number of ether oxygens (including phenoxy) is 1. The highest BCUT2D eigenvalue weighted by atomic mass is 32.2. The van der Waals surface area contributed by atoms with E-state index >= 15 is 0 Å². The van der Waals surface area contributed by atoms with Crippen molar-refractivity contribution >= 4 is 40.9 Å². The van der Waals surface area contributed by atoms with Gasteiger partial charge in [-0.15, -0.1) is 0 Å². The van der Waals surface area contributed by atoms with E-state index in [4.69, 9.17) is 9.53 Å². The zero-order valence-electron chi connectivity index (χ0n) is 20.7. The third kappa shape index (κ3) is 6.27. The number of rotatable bonds is 6. The predicted octanol–water partition coefficient (Wildman–Crippen LogP) is 4.07. The van der Waals surface area contributed by atoms with Crippen LogP contribution in [0.5, 0.6) is 5.75 Å². The normalized spacial score (nSPS) is 17.6. The van der Waals surface area contributed by atoms with Crippen molar-refractivity contribution in [3.63, 3.8) is 0 Å². The van der Waals surface area contributed by atoms with Crippen molar-refractivity contribution in [3.05, 3.63) is 60.7 Å². The fourth-order valence-electron chi connectivity index (χ4n) is 4.54. The Morgan fingerprint density at radius 2 is 1.57 bits per heavy atom. The third-order valence-corrected chi connectivity index (χ3v) is 7.70. The molecule has 7 nitrogen and oxygen atoms in total. The number of methoxy groups -OCH3 is 1. The van der Waals surface area contributed by atoms with Gasteiger partial charge in [0, 0.05) is 57.3 Å². The fraction of sp³-hybridized carbons (Fsp3) is 0.370. The first-order valence-electron chi connectivity index (χ1n) is 12.0. The molecule has 8 heteroatoms. The van der Waals surface area contributed by atoms with Gasteiger partial charge in [-0.1, -0.05) is 36.4 Å². The minimum Gasteiger partial charge on any atom is -0.495 e. The highest BCUT2D eigenvalue weighted by Crippen LogP contribution is 2.33. The number of hydrazine groups is 1. The Balaban J connectivity index is 0.00000141. The molecule has 35 heavy (non-hydrogen) atoms. The molecule has 0 aromatic heterocycles. The van der Waals surface area contributed by atoms with E-state index in [1.807, 2.05) is 18.7 Å². The standard InChI is InChI=1S/C26H33N5OS.CH2O/c1-28-12-14-29(15-13-28)24-20-22(10-11-25(24)32-2)27-30-16-18-31(19-17-30)33-26-9-5-7-21-6-3-4-8-23(21)26;1-2/h3-11,20,27H,12-19H2,1-2H3;1H2. The Kier molecular flexibility index (Phi) is 8.87. The quantitative estimate of drug-likeness (QED) is 0.516. The van der Waals surface area contributed by atoms with Crippen molar-refractivity contribution in [2.24, 2.45) is 0 Å². The molecular weight excluding hydrogens is 458 g/mol. The summed E-state index contributed by atoms with van der Waals surface area (Å²) in [6, 6.07) is 21.7. The first-order valence-corrected chi connectivity index (χ1v) is 12.8. The van der Waals surface area contributed by atoms with E-state index in [-0.39, 0.29) is 0 Å².